The van der Waals surface area contributed by atoms with Crippen molar-refractivity contribution in [3.05, 3.63) is 35.4 Å². The normalized spacial score (nSPS) is 11.1. The molecule has 0 fully saturated rings. The summed E-state index contributed by atoms with van der Waals surface area (Å²) in [7, 11) is 0. The number of rotatable bonds is 2. The van der Waals surface area contributed by atoms with Crippen LogP contribution in [0.5, 0.6) is 0 Å². The van der Waals surface area contributed by atoms with Gasteiger partial charge in [-0.3, -0.25) is 0 Å². The van der Waals surface area contributed by atoms with Crippen molar-refractivity contribution >= 4 is 17.4 Å². The third-order valence-corrected chi connectivity index (χ3v) is 2.81. The number of hydrogen-bond donors (Lipinski definition) is 1. The molecule has 90 valence electrons. The van der Waals surface area contributed by atoms with Gasteiger partial charge in [0.2, 0.25) is 0 Å². The lowest BCUT2D eigenvalue weighted by Crippen LogP contribution is -2.04. The average Bonchev–Trinajstić information content (AvgIpc) is 2.64. The van der Waals surface area contributed by atoms with E-state index in [1.807, 2.05) is 13.8 Å². The molecular formula is C12H13ClFN3. The third-order valence-electron chi connectivity index (χ3n) is 2.57. The van der Waals surface area contributed by atoms with E-state index in [-0.39, 0.29) is 11.9 Å². The summed E-state index contributed by atoms with van der Waals surface area (Å²) in [5.74, 6) is 0.0660. The number of nitrogens with two attached hydrogens (primary N) is 1. The van der Waals surface area contributed by atoms with Gasteiger partial charge in [0, 0.05) is 16.6 Å². The Labute approximate surface area is 104 Å². The smallest absolute Gasteiger partial charge is 0.132 e. The number of hydrogen-bond acceptors (Lipinski definition) is 2. The molecule has 2 aromatic rings. The van der Waals surface area contributed by atoms with Crippen molar-refractivity contribution in [1.82, 2.24) is 9.55 Å². The van der Waals surface area contributed by atoms with Gasteiger partial charge in [-0.25, -0.2) is 9.37 Å². The molecule has 5 heteroatoms. The minimum Gasteiger partial charge on any atom is -0.383 e. The molecule has 3 nitrogen and oxygen atoms in total. The molecule has 0 spiro atoms. The summed E-state index contributed by atoms with van der Waals surface area (Å²) >= 11 is 5.85. The van der Waals surface area contributed by atoms with Gasteiger partial charge in [-0.2, -0.15) is 0 Å². The van der Waals surface area contributed by atoms with Crippen LogP contribution in [0.4, 0.5) is 10.2 Å². The van der Waals surface area contributed by atoms with Crippen molar-refractivity contribution in [3.8, 4) is 11.3 Å². The fourth-order valence-electron chi connectivity index (χ4n) is 1.67. The Morgan fingerprint density at radius 1 is 1.41 bits per heavy atom. The fraction of sp³-hybridized carbons (Fsp3) is 0.250. The van der Waals surface area contributed by atoms with E-state index < -0.39 is 0 Å². The molecule has 0 saturated carbocycles. The van der Waals surface area contributed by atoms with Gasteiger partial charge >= 0.3 is 0 Å². The summed E-state index contributed by atoms with van der Waals surface area (Å²) in [5, 5.41) is 0.458. The van der Waals surface area contributed by atoms with Crippen LogP contribution in [0.2, 0.25) is 5.02 Å². The lowest BCUT2D eigenvalue weighted by Gasteiger charge is -2.09. The van der Waals surface area contributed by atoms with Crippen LogP contribution >= 0.6 is 11.6 Å². The standard InChI is InChI=1S/C12H13ClFN3/c1-7(2)17-6-16-11(12(17)15)9-5-8(13)3-4-10(9)14/h3-7H,15H2,1-2H3. The minimum atomic E-state index is -0.380. The molecule has 0 aliphatic heterocycles. The molecule has 0 atom stereocenters. The number of nitrogens with zero attached hydrogens (tertiary/aromatic N) is 2. The highest BCUT2D eigenvalue weighted by atomic mass is 35.5. The van der Waals surface area contributed by atoms with Crippen LogP contribution in [0, 0.1) is 5.82 Å². The highest BCUT2D eigenvalue weighted by Gasteiger charge is 2.15. The molecule has 0 saturated heterocycles. The number of nitrogen functional groups attached to an aromatic ring is 1. The SMILES string of the molecule is CC(C)n1cnc(-c2cc(Cl)ccc2F)c1N. The Hall–Kier alpha value is -1.55. The molecule has 17 heavy (non-hydrogen) atoms. The zero-order valence-corrected chi connectivity index (χ0v) is 10.4. The monoisotopic (exact) mass is 253 g/mol. The van der Waals surface area contributed by atoms with Crippen molar-refractivity contribution < 1.29 is 4.39 Å². The molecule has 0 radical (unpaired) electrons. The molecule has 1 aromatic carbocycles. The maximum atomic E-state index is 13.7. The van der Waals surface area contributed by atoms with Crippen LogP contribution in [0.25, 0.3) is 11.3 Å². The molecule has 0 aliphatic rings. The molecule has 0 unspecified atom stereocenters. The zero-order chi connectivity index (χ0) is 12.6. The molecule has 1 heterocycles. The van der Waals surface area contributed by atoms with E-state index in [0.717, 1.165) is 0 Å². The zero-order valence-electron chi connectivity index (χ0n) is 9.61. The van der Waals surface area contributed by atoms with E-state index in [2.05, 4.69) is 4.98 Å². The third kappa shape index (κ3) is 2.13. The highest BCUT2D eigenvalue weighted by Crippen LogP contribution is 2.30. The maximum Gasteiger partial charge on any atom is 0.132 e. The molecule has 1 aromatic heterocycles. The maximum absolute atomic E-state index is 13.7. The molecular weight excluding hydrogens is 241 g/mol. The summed E-state index contributed by atoms with van der Waals surface area (Å²) in [4.78, 5) is 4.15. The van der Waals surface area contributed by atoms with Gasteiger partial charge in [-0.1, -0.05) is 11.6 Å². The molecule has 2 N–H and O–H groups in total. The van der Waals surface area contributed by atoms with Gasteiger partial charge in [0.1, 0.15) is 17.3 Å². The van der Waals surface area contributed by atoms with Crippen molar-refractivity contribution in [3.63, 3.8) is 0 Å². The number of benzene rings is 1. The van der Waals surface area contributed by atoms with Crippen molar-refractivity contribution in [1.29, 1.82) is 0 Å². The van der Waals surface area contributed by atoms with Crippen LogP contribution < -0.4 is 5.73 Å². The van der Waals surface area contributed by atoms with Crippen LogP contribution in [0.1, 0.15) is 19.9 Å². The quantitative estimate of drug-likeness (QED) is 0.890. The summed E-state index contributed by atoms with van der Waals surface area (Å²) in [6.45, 7) is 3.96. The van der Waals surface area contributed by atoms with Gasteiger partial charge in [0.05, 0.1) is 6.33 Å². The molecule has 0 amide bonds. The van der Waals surface area contributed by atoms with Crippen molar-refractivity contribution in [2.24, 2.45) is 0 Å². The van der Waals surface area contributed by atoms with Crippen LogP contribution in [0.3, 0.4) is 0 Å². The van der Waals surface area contributed by atoms with Crippen LogP contribution in [-0.2, 0) is 0 Å². The van der Waals surface area contributed by atoms with E-state index in [0.29, 0.717) is 22.1 Å². The largest absolute Gasteiger partial charge is 0.383 e. The lowest BCUT2D eigenvalue weighted by atomic mass is 10.1. The predicted molar refractivity (Wildman–Crippen MR) is 67.4 cm³/mol. The Balaban J connectivity index is 2.57. The molecule has 0 bridgehead atoms. The average molecular weight is 254 g/mol. The first-order valence-electron chi connectivity index (χ1n) is 5.28. The van der Waals surface area contributed by atoms with E-state index in [4.69, 9.17) is 17.3 Å². The fourth-order valence-corrected chi connectivity index (χ4v) is 1.84. The van der Waals surface area contributed by atoms with E-state index in [1.54, 1.807) is 10.9 Å². The Morgan fingerprint density at radius 2 is 2.12 bits per heavy atom. The second-order valence-electron chi connectivity index (χ2n) is 4.10. The van der Waals surface area contributed by atoms with Gasteiger partial charge < -0.3 is 10.3 Å². The minimum absolute atomic E-state index is 0.179. The summed E-state index contributed by atoms with van der Waals surface area (Å²) in [6.07, 6.45) is 1.61. The Morgan fingerprint density at radius 3 is 2.71 bits per heavy atom. The first kappa shape index (κ1) is 11.9. The van der Waals surface area contributed by atoms with Crippen LogP contribution in [-0.4, -0.2) is 9.55 Å². The summed E-state index contributed by atoms with van der Waals surface area (Å²) in [6, 6.07) is 4.51. The predicted octanol–water partition coefficient (Wildman–Crippen LogP) is 3.51. The lowest BCUT2D eigenvalue weighted by molar-refractivity contribution is 0.607. The van der Waals surface area contributed by atoms with Crippen molar-refractivity contribution in [2.45, 2.75) is 19.9 Å². The topological polar surface area (TPSA) is 43.8 Å². The van der Waals surface area contributed by atoms with Gasteiger partial charge in [-0.05, 0) is 32.0 Å². The molecule has 0 aliphatic carbocycles. The number of imidazole rings is 1. The van der Waals surface area contributed by atoms with Gasteiger partial charge in [0.15, 0.2) is 0 Å². The van der Waals surface area contributed by atoms with E-state index in [1.165, 1.54) is 18.2 Å². The Kier molecular flexibility index (Phi) is 3.07. The summed E-state index contributed by atoms with van der Waals surface area (Å²) < 4.78 is 15.5. The Bertz CT molecular complexity index is 549. The number of halogens is 2. The van der Waals surface area contributed by atoms with E-state index >= 15 is 0 Å². The van der Waals surface area contributed by atoms with Crippen LogP contribution in [0.15, 0.2) is 24.5 Å². The molecule has 2 rings (SSSR count). The van der Waals surface area contributed by atoms with E-state index in [9.17, 15) is 4.39 Å². The van der Waals surface area contributed by atoms with Gasteiger partial charge in [0.25, 0.3) is 0 Å². The van der Waals surface area contributed by atoms with Crippen molar-refractivity contribution in [2.75, 3.05) is 5.73 Å². The number of aromatic nitrogens is 2. The second-order valence-corrected chi connectivity index (χ2v) is 4.54. The first-order chi connectivity index (χ1) is 8.00. The van der Waals surface area contributed by atoms with Gasteiger partial charge in [-0.15, -0.1) is 0 Å². The first-order valence-corrected chi connectivity index (χ1v) is 5.66. The highest BCUT2D eigenvalue weighted by molar-refractivity contribution is 6.30. The second kappa shape index (κ2) is 4.37. The number of anilines is 1. The summed E-state index contributed by atoms with van der Waals surface area (Å²) in [5.41, 5.74) is 6.70.